The number of carbonyl (C=O) groups excluding carboxylic acids is 1. The molecular weight excluding hydrogens is 228 g/mol. The minimum atomic E-state index is -0.137. The molecule has 3 atom stereocenters. The highest BCUT2D eigenvalue weighted by atomic mass is 16.3. The Morgan fingerprint density at radius 1 is 1.17 bits per heavy atom. The topological polar surface area (TPSA) is 52.6 Å². The van der Waals surface area contributed by atoms with Crippen molar-refractivity contribution in [2.75, 3.05) is 13.1 Å². The molecule has 3 aliphatic rings. The van der Waals surface area contributed by atoms with E-state index in [1.54, 1.807) is 0 Å². The van der Waals surface area contributed by atoms with Gasteiger partial charge in [0.25, 0.3) is 0 Å². The molecule has 3 rings (SSSR count). The molecule has 2 N–H and O–H groups in total. The van der Waals surface area contributed by atoms with Crippen molar-refractivity contribution >= 4 is 5.91 Å². The third-order valence-corrected chi connectivity index (χ3v) is 4.73. The largest absolute Gasteiger partial charge is 0.393 e. The van der Waals surface area contributed by atoms with Crippen molar-refractivity contribution in [3.05, 3.63) is 0 Å². The van der Waals surface area contributed by atoms with Crippen LogP contribution in [0, 0.1) is 5.92 Å². The van der Waals surface area contributed by atoms with Crippen molar-refractivity contribution < 1.29 is 9.90 Å². The van der Waals surface area contributed by atoms with Gasteiger partial charge in [0, 0.05) is 18.0 Å². The Hall–Kier alpha value is -0.610. The molecule has 3 fully saturated rings. The van der Waals surface area contributed by atoms with Crippen LogP contribution in [0.15, 0.2) is 0 Å². The summed E-state index contributed by atoms with van der Waals surface area (Å²) in [6.07, 6.45) is 7.71. The van der Waals surface area contributed by atoms with E-state index in [1.165, 1.54) is 6.42 Å². The highest BCUT2D eigenvalue weighted by molar-refractivity contribution is 5.78. The van der Waals surface area contributed by atoms with E-state index in [2.05, 4.69) is 10.2 Å². The van der Waals surface area contributed by atoms with Crippen molar-refractivity contribution in [1.82, 2.24) is 10.2 Å². The van der Waals surface area contributed by atoms with Crippen LogP contribution in [-0.4, -0.2) is 47.2 Å². The van der Waals surface area contributed by atoms with Crippen LogP contribution in [0.4, 0.5) is 0 Å². The van der Waals surface area contributed by atoms with Crippen LogP contribution >= 0.6 is 0 Å². The van der Waals surface area contributed by atoms with Gasteiger partial charge in [-0.2, -0.15) is 0 Å². The fourth-order valence-electron chi connectivity index (χ4n) is 3.64. The van der Waals surface area contributed by atoms with Gasteiger partial charge in [-0.25, -0.2) is 0 Å². The van der Waals surface area contributed by atoms with Crippen molar-refractivity contribution in [2.45, 2.75) is 63.1 Å². The number of aliphatic hydroxyl groups is 1. The number of hydrogen-bond acceptors (Lipinski definition) is 3. The molecule has 1 saturated heterocycles. The van der Waals surface area contributed by atoms with Crippen molar-refractivity contribution in [1.29, 1.82) is 0 Å². The molecule has 102 valence electrons. The summed E-state index contributed by atoms with van der Waals surface area (Å²) in [7, 11) is 0. The number of nitrogens with zero attached hydrogens (tertiary/aromatic N) is 1. The van der Waals surface area contributed by atoms with E-state index in [-0.39, 0.29) is 12.0 Å². The molecule has 1 heterocycles. The standard InChI is InChI=1S/C14H24N2O2/c17-13-5-1-3-11(13)12-4-2-8-16(12)9-14(18)15-10-6-7-10/h10-13,17H,1-9H2,(H,15,18). The third kappa shape index (κ3) is 2.69. The molecule has 1 amide bonds. The normalized spacial score (nSPS) is 37.1. The fourth-order valence-corrected chi connectivity index (χ4v) is 3.64. The Labute approximate surface area is 109 Å². The number of hydrogen-bond donors (Lipinski definition) is 2. The summed E-state index contributed by atoms with van der Waals surface area (Å²) in [6.45, 7) is 1.55. The first-order valence-electron chi connectivity index (χ1n) is 7.45. The van der Waals surface area contributed by atoms with E-state index >= 15 is 0 Å². The van der Waals surface area contributed by atoms with Gasteiger partial charge in [0.05, 0.1) is 12.6 Å². The number of nitrogens with one attached hydrogen (secondary N) is 1. The highest BCUT2D eigenvalue weighted by Gasteiger charge is 2.38. The van der Waals surface area contributed by atoms with E-state index in [0.717, 1.165) is 45.1 Å². The number of rotatable bonds is 4. The number of carbonyl (C=O) groups is 1. The van der Waals surface area contributed by atoms with Gasteiger partial charge < -0.3 is 10.4 Å². The van der Waals surface area contributed by atoms with E-state index in [9.17, 15) is 9.90 Å². The molecule has 0 aromatic rings. The van der Waals surface area contributed by atoms with Crippen LogP contribution in [0.2, 0.25) is 0 Å². The Bertz CT molecular complexity index is 317. The predicted octanol–water partition coefficient (Wildman–Crippen LogP) is 0.890. The van der Waals surface area contributed by atoms with Gasteiger partial charge >= 0.3 is 0 Å². The second-order valence-corrected chi connectivity index (χ2v) is 6.18. The minimum Gasteiger partial charge on any atom is -0.393 e. The van der Waals surface area contributed by atoms with Gasteiger partial charge in [-0.3, -0.25) is 9.69 Å². The van der Waals surface area contributed by atoms with E-state index < -0.39 is 0 Å². The molecule has 4 heteroatoms. The first-order chi connectivity index (χ1) is 8.74. The van der Waals surface area contributed by atoms with Crippen LogP contribution in [0.1, 0.15) is 44.9 Å². The van der Waals surface area contributed by atoms with Gasteiger partial charge in [0.2, 0.25) is 5.91 Å². The first-order valence-corrected chi connectivity index (χ1v) is 7.45. The van der Waals surface area contributed by atoms with Crippen LogP contribution in [-0.2, 0) is 4.79 Å². The Kier molecular flexibility index (Phi) is 3.57. The SMILES string of the molecule is O=C(CN1CCCC1C1CCCC1O)NC1CC1. The molecule has 0 bridgehead atoms. The molecule has 2 aliphatic carbocycles. The summed E-state index contributed by atoms with van der Waals surface area (Å²) >= 11 is 0. The molecule has 0 aromatic heterocycles. The molecule has 3 unspecified atom stereocenters. The smallest absolute Gasteiger partial charge is 0.234 e. The summed E-state index contributed by atoms with van der Waals surface area (Å²) in [5.41, 5.74) is 0. The zero-order chi connectivity index (χ0) is 12.5. The predicted molar refractivity (Wildman–Crippen MR) is 69.1 cm³/mol. The maximum atomic E-state index is 11.9. The fraction of sp³-hybridized carbons (Fsp3) is 0.929. The lowest BCUT2D eigenvalue weighted by Gasteiger charge is -2.30. The molecule has 0 aromatic carbocycles. The monoisotopic (exact) mass is 252 g/mol. The van der Waals surface area contributed by atoms with Crippen molar-refractivity contribution in [3.8, 4) is 0 Å². The van der Waals surface area contributed by atoms with Gasteiger partial charge in [-0.05, 0) is 45.1 Å². The van der Waals surface area contributed by atoms with Gasteiger partial charge in [0.15, 0.2) is 0 Å². The molecule has 18 heavy (non-hydrogen) atoms. The molecular formula is C14H24N2O2. The average molecular weight is 252 g/mol. The van der Waals surface area contributed by atoms with Crippen LogP contribution in [0.25, 0.3) is 0 Å². The Balaban J connectivity index is 1.54. The lowest BCUT2D eigenvalue weighted by molar-refractivity contribution is -0.123. The van der Waals surface area contributed by atoms with Gasteiger partial charge in [0.1, 0.15) is 0 Å². The molecule has 4 nitrogen and oxygen atoms in total. The lowest BCUT2D eigenvalue weighted by Crippen LogP contribution is -2.44. The lowest BCUT2D eigenvalue weighted by atomic mass is 9.94. The van der Waals surface area contributed by atoms with Crippen LogP contribution < -0.4 is 5.32 Å². The summed E-state index contributed by atoms with van der Waals surface area (Å²) in [4.78, 5) is 14.2. The van der Waals surface area contributed by atoms with Gasteiger partial charge in [-0.1, -0.05) is 6.42 Å². The first kappa shape index (κ1) is 12.4. The quantitative estimate of drug-likeness (QED) is 0.781. The number of likely N-dealkylation sites (tertiary alicyclic amines) is 1. The third-order valence-electron chi connectivity index (χ3n) is 4.73. The van der Waals surface area contributed by atoms with Crippen LogP contribution in [0.3, 0.4) is 0 Å². The minimum absolute atomic E-state index is 0.137. The zero-order valence-corrected chi connectivity index (χ0v) is 11.0. The summed E-state index contributed by atoms with van der Waals surface area (Å²) < 4.78 is 0. The van der Waals surface area contributed by atoms with Crippen molar-refractivity contribution in [3.63, 3.8) is 0 Å². The highest BCUT2D eigenvalue weighted by Crippen LogP contribution is 2.35. The average Bonchev–Trinajstić information content (AvgIpc) is 2.85. The Morgan fingerprint density at radius 2 is 2.00 bits per heavy atom. The molecule has 0 radical (unpaired) electrons. The maximum absolute atomic E-state index is 11.9. The molecule has 2 saturated carbocycles. The van der Waals surface area contributed by atoms with E-state index in [4.69, 9.17) is 0 Å². The van der Waals surface area contributed by atoms with Crippen LogP contribution in [0.5, 0.6) is 0 Å². The van der Waals surface area contributed by atoms with E-state index in [1.807, 2.05) is 0 Å². The zero-order valence-electron chi connectivity index (χ0n) is 11.0. The summed E-state index contributed by atoms with van der Waals surface area (Å²) in [5.74, 6) is 0.582. The summed E-state index contributed by atoms with van der Waals surface area (Å²) in [6, 6.07) is 0.892. The molecule has 1 aliphatic heterocycles. The maximum Gasteiger partial charge on any atom is 0.234 e. The second kappa shape index (κ2) is 5.17. The van der Waals surface area contributed by atoms with E-state index in [0.29, 0.717) is 24.5 Å². The number of aliphatic hydroxyl groups excluding tert-OH is 1. The summed E-state index contributed by atoms with van der Waals surface area (Å²) in [5, 5.41) is 13.1. The second-order valence-electron chi connectivity index (χ2n) is 6.18. The van der Waals surface area contributed by atoms with Gasteiger partial charge in [-0.15, -0.1) is 0 Å². The number of amides is 1. The molecule has 0 spiro atoms. The van der Waals surface area contributed by atoms with Crippen molar-refractivity contribution in [2.24, 2.45) is 5.92 Å². The Morgan fingerprint density at radius 3 is 2.67 bits per heavy atom.